The standard InChI is InChI=1S/C18H16O8S/c1-2-27(23,24)15-9-11(25-6-5-19)8-13-16(20)12-7-10(18(21)22)3-4-14(12)26-17(13)15/h3-4,7-9,19H,2,5-6H2,1H3,(H,21,22). The normalized spacial score (nSPS) is 11.8. The minimum absolute atomic E-state index is 0.0153. The van der Waals surface area contributed by atoms with Crippen molar-refractivity contribution in [2.45, 2.75) is 11.8 Å². The van der Waals surface area contributed by atoms with E-state index in [4.69, 9.17) is 19.4 Å². The summed E-state index contributed by atoms with van der Waals surface area (Å²) >= 11 is 0. The summed E-state index contributed by atoms with van der Waals surface area (Å²) in [5.74, 6) is -1.33. The van der Waals surface area contributed by atoms with Gasteiger partial charge >= 0.3 is 5.97 Å². The van der Waals surface area contributed by atoms with Gasteiger partial charge in [-0.1, -0.05) is 6.92 Å². The molecule has 0 aliphatic carbocycles. The maximum Gasteiger partial charge on any atom is 0.335 e. The van der Waals surface area contributed by atoms with Crippen molar-refractivity contribution in [3.05, 3.63) is 46.1 Å². The second-order valence-corrected chi connectivity index (χ2v) is 7.97. The van der Waals surface area contributed by atoms with Crippen LogP contribution in [0, 0.1) is 0 Å². The average molecular weight is 392 g/mol. The summed E-state index contributed by atoms with van der Waals surface area (Å²) in [6.07, 6.45) is 0. The van der Waals surface area contributed by atoms with Gasteiger partial charge in [0.25, 0.3) is 0 Å². The van der Waals surface area contributed by atoms with Crippen LogP contribution in [0.4, 0.5) is 0 Å². The number of hydrogen-bond acceptors (Lipinski definition) is 7. The highest BCUT2D eigenvalue weighted by Gasteiger charge is 2.22. The number of fused-ring (bicyclic) bond motifs is 2. The van der Waals surface area contributed by atoms with Crippen LogP contribution in [-0.4, -0.2) is 43.6 Å². The Balaban J connectivity index is 2.43. The summed E-state index contributed by atoms with van der Waals surface area (Å²) < 4.78 is 35.9. The molecule has 0 unspecified atom stereocenters. The second kappa shape index (κ2) is 7.01. The molecule has 3 aromatic rings. The molecule has 0 bridgehead atoms. The van der Waals surface area contributed by atoms with Crippen molar-refractivity contribution in [2.24, 2.45) is 0 Å². The van der Waals surface area contributed by atoms with Gasteiger partial charge in [-0.2, -0.15) is 0 Å². The number of carboxylic acids is 1. The van der Waals surface area contributed by atoms with E-state index in [9.17, 15) is 18.0 Å². The first-order valence-corrected chi connectivity index (χ1v) is 9.68. The lowest BCUT2D eigenvalue weighted by atomic mass is 10.1. The van der Waals surface area contributed by atoms with Gasteiger partial charge in [-0.05, 0) is 24.3 Å². The van der Waals surface area contributed by atoms with Crippen LogP contribution in [0.5, 0.6) is 5.75 Å². The van der Waals surface area contributed by atoms with Crippen molar-refractivity contribution in [1.82, 2.24) is 0 Å². The van der Waals surface area contributed by atoms with Gasteiger partial charge in [-0.15, -0.1) is 0 Å². The molecule has 0 aliphatic heterocycles. The molecule has 9 heteroatoms. The first-order valence-electron chi connectivity index (χ1n) is 8.03. The fourth-order valence-electron chi connectivity index (χ4n) is 2.67. The summed E-state index contributed by atoms with van der Waals surface area (Å²) in [6, 6.07) is 6.33. The van der Waals surface area contributed by atoms with Crippen molar-refractivity contribution in [3.8, 4) is 5.75 Å². The van der Waals surface area contributed by atoms with E-state index in [2.05, 4.69) is 0 Å². The van der Waals surface area contributed by atoms with E-state index >= 15 is 0 Å². The predicted molar refractivity (Wildman–Crippen MR) is 97.3 cm³/mol. The Morgan fingerprint density at radius 1 is 1.19 bits per heavy atom. The lowest BCUT2D eigenvalue weighted by Crippen LogP contribution is -2.11. The number of aliphatic hydroxyl groups is 1. The number of carbonyl (C=O) groups is 1. The quantitative estimate of drug-likeness (QED) is 0.607. The summed E-state index contributed by atoms with van der Waals surface area (Å²) in [5, 5.41) is 18.0. The molecule has 0 saturated carbocycles. The van der Waals surface area contributed by atoms with E-state index in [1.165, 1.54) is 37.3 Å². The van der Waals surface area contributed by atoms with E-state index in [1.807, 2.05) is 0 Å². The Hall–Kier alpha value is -2.91. The van der Waals surface area contributed by atoms with E-state index in [-0.39, 0.29) is 57.1 Å². The number of aliphatic hydroxyl groups excluding tert-OH is 1. The van der Waals surface area contributed by atoms with Crippen LogP contribution in [0.2, 0.25) is 0 Å². The zero-order valence-electron chi connectivity index (χ0n) is 14.3. The topological polar surface area (TPSA) is 131 Å². The van der Waals surface area contributed by atoms with Crippen LogP contribution in [0.15, 0.2) is 44.4 Å². The van der Waals surface area contributed by atoms with Crippen LogP contribution in [-0.2, 0) is 9.84 Å². The van der Waals surface area contributed by atoms with Gasteiger partial charge in [-0.3, -0.25) is 4.79 Å². The van der Waals surface area contributed by atoms with Crippen LogP contribution >= 0.6 is 0 Å². The van der Waals surface area contributed by atoms with Gasteiger partial charge in [0.1, 0.15) is 22.8 Å². The molecular formula is C18H16O8S. The highest BCUT2D eigenvalue weighted by molar-refractivity contribution is 7.91. The third kappa shape index (κ3) is 3.38. The van der Waals surface area contributed by atoms with Crippen molar-refractivity contribution in [3.63, 3.8) is 0 Å². The molecule has 0 spiro atoms. The molecule has 3 rings (SSSR count). The molecule has 0 atom stereocenters. The number of ether oxygens (including phenoxy) is 1. The first-order chi connectivity index (χ1) is 12.8. The minimum Gasteiger partial charge on any atom is -0.491 e. The molecule has 0 fully saturated rings. The van der Waals surface area contributed by atoms with Crippen LogP contribution < -0.4 is 10.2 Å². The van der Waals surface area contributed by atoms with Gasteiger partial charge in [-0.25, -0.2) is 13.2 Å². The maximum atomic E-state index is 12.9. The third-order valence-electron chi connectivity index (χ3n) is 4.03. The smallest absolute Gasteiger partial charge is 0.335 e. The number of rotatable bonds is 6. The number of hydrogen-bond donors (Lipinski definition) is 2. The Morgan fingerprint density at radius 2 is 1.93 bits per heavy atom. The van der Waals surface area contributed by atoms with Gasteiger partial charge in [0.05, 0.1) is 28.7 Å². The number of carboxylic acid groups (broad SMARTS) is 1. The Labute approximate surface area is 153 Å². The highest BCUT2D eigenvalue weighted by atomic mass is 32.2. The molecular weight excluding hydrogens is 376 g/mol. The summed E-state index contributed by atoms with van der Waals surface area (Å²) in [4.78, 5) is 23.9. The zero-order chi connectivity index (χ0) is 19.8. The van der Waals surface area contributed by atoms with Crippen LogP contribution in [0.1, 0.15) is 17.3 Å². The molecule has 0 amide bonds. The molecule has 0 radical (unpaired) electrons. The molecule has 142 valence electrons. The molecule has 27 heavy (non-hydrogen) atoms. The van der Waals surface area contributed by atoms with Crippen molar-refractivity contribution in [1.29, 1.82) is 0 Å². The molecule has 0 saturated heterocycles. The molecule has 0 aliphatic rings. The maximum absolute atomic E-state index is 12.9. The van der Waals surface area contributed by atoms with Crippen LogP contribution in [0.25, 0.3) is 21.9 Å². The van der Waals surface area contributed by atoms with Gasteiger partial charge < -0.3 is 19.4 Å². The first kappa shape index (κ1) is 18.9. The van der Waals surface area contributed by atoms with Crippen LogP contribution in [0.3, 0.4) is 0 Å². The van der Waals surface area contributed by atoms with Gasteiger partial charge in [0.2, 0.25) is 5.43 Å². The lowest BCUT2D eigenvalue weighted by Gasteiger charge is -2.11. The fraction of sp³-hybridized carbons (Fsp3) is 0.222. The summed E-state index contributed by atoms with van der Waals surface area (Å²) in [6.45, 7) is 1.09. The lowest BCUT2D eigenvalue weighted by molar-refractivity contribution is 0.0697. The van der Waals surface area contributed by atoms with Gasteiger partial charge in [0, 0.05) is 6.07 Å². The molecule has 1 heterocycles. The predicted octanol–water partition coefficient (Wildman–Crippen LogP) is 1.81. The Morgan fingerprint density at radius 3 is 2.56 bits per heavy atom. The highest BCUT2D eigenvalue weighted by Crippen LogP contribution is 2.30. The Bertz CT molecular complexity index is 1210. The monoisotopic (exact) mass is 392 g/mol. The Kier molecular flexibility index (Phi) is 4.90. The van der Waals surface area contributed by atoms with Gasteiger partial charge in [0.15, 0.2) is 15.4 Å². The van der Waals surface area contributed by atoms with Crippen molar-refractivity contribution in [2.75, 3.05) is 19.0 Å². The summed E-state index contributed by atoms with van der Waals surface area (Å²) in [5.41, 5.74) is -0.706. The minimum atomic E-state index is -3.75. The van der Waals surface area contributed by atoms with E-state index in [0.29, 0.717) is 0 Å². The molecule has 2 aromatic carbocycles. The largest absolute Gasteiger partial charge is 0.491 e. The molecule has 8 nitrogen and oxygen atoms in total. The number of benzene rings is 2. The van der Waals surface area contributed by atoms with E-state index in [0.717, 1.165) is 0 Å². The summed E-state index contributed by atoms with van der Waals surface area (Å²) in [7, 11) is -3.75. The van der Waals surface area contributed by atoms with E-state index < -0.39 is 21.2 Å². The SMILES string of the molecule is CCS(=O)(=O)c1cc(OCCO)cc2c(=O)c3cc(C(=O)O)ccc3oc12. The third-order valence-corrected chi connectivity index (χ3v) is 5.76. The molecule has 2 N–H and O–H groups in total. The van der Waals surface area contributed by atoms with E-state index in [1.54, 1.807) is 0 Å². The number of aromatic carboxylic acids is 1. The number of sulfone groups is 1. The molecule has 1 aromatic heterocycles. The zero-order valence-corrected chi connectivity index (χ0v) is 15.1. The van der Waals surface area contributed by atoms with Crippen molar-refractivity contribution < 1.29 is 32.6 Å². The average Bonchev–Trinajstić information content (AvgIpc) is 2.65. The fourth-order valence-corrected chi connectivity index (χ4v) is 3.71. The van der Waals surface area contributed by atoms with Crippen molar-refractivity contribution >= 4 is 37.7 Å². The second-order valence-electron chi connectivity index (χ2n) is 5.72.